The average Bonchev–Trinajstić information content (AvgIpc) is 2.93. The quantitative estimate of drug-likeness (QED) is 0.676. The Labute approximate surface area is 110 Å². The van der Waals surface area contributed by atoms with E-state index in [1.165, 1.54) is 7.11 Å². The van der Waals surface area contributed by atoms with Crippen molar-refractivity contribution in [2.75, 3.05) is 18.6 Å². The van der Waals surface area contributed by atoms with Crippen molar-refractivity contribution >= 4 is 15.8 Å². The highest BCUT2D eigenvalue weighted by molar-refractivity contribution is 7.91. The fraction of sp³-hybridized carbons (Fsp3) is 0.909. The second kappa shape index (κ2) is 5.68. The number of halogens is 3. The van der Waals surface area contributed by atoms with E-state index >= 15 is 0 Å². The predicted molar refractivity (Wildman–Crippen MR) is 62.2 cm³/mol. The summed E-state index contributed by atoms with van der Waals surface area (Å²) in [6, 6.07) is 0. The molecular formula is C11H17F3O4S. The number of hydrogen-bond donors (Lipinski definition) is 0. The second-order valence-electron chi connectivity index (χ2n) is 5.06. The predicted octanol–water partition coefficient (Wildman–Crippen LogP) is 2.09. The molecule has 0 heterocycles. The van der Waals surface area contributed by atoms with Crippen molar-refractivity contribution in [3.8, 4) is 0 Å². The van der Waals surface area contributed by atoms with Crippen molar-refractivity contribution in [1.82, 2.24) is 0 Å². The molecule has 0 aromatic carbocycles. The Morgan fingerprint density at radius 2 is 1.89 bits per heavy atom. The second-order valence-corrected chi connectivity index (χ2v) is 7.25. The molecule has 1 aliphatic rings. The Balaban J connectivity index is 2.44. The van der Waals surface area contributed by atoms with Gasteiger partial charge in [0, 0.05) is 6.42 Å². The van der Waals surface area contributed by atoms with E-state index in [0.29, 0.717) is 12.8 Å². The molecule has 0 unspecified atom stereocenters. The van der Waals surface area contributed by atoms with Crippen LogP contribution in [-0.2, 0) is 19.4 Å². The molecule has 0 aliphatic heterocycles. The molecule has 112 valence electrons. The van der Waals surface area contributed by atoms with Crippen LogP contribution in [0.15, 0.2) is 0 Å². The zero-order valence-corrected chi connectivity index (χ0v) is 11.4. The molecule has 8 heteroatoms. The molecule has 1 saturated carbocycles. The lowest BCUT2D eigenvalue weighted by Crippen LogP contribution is -2.23. The Bertz CT molecular complexity index is 424. The summed E-state index contributed by atoms with van der Waals surface area (Å²) in [4.78, 5) is 11.1. The molecule has 1 fully saturated rings. The van der Waals surface area contributed by atoms with Crippen LogP contribution in [0.5, 0.6) is 0 Å². The van der Waals surface area contributed by atoms with Crippen molar-refractivity contribution in [2.24, 2.45) is 5.41 Å². The third-order valence-corrected chi connectivity index (χ3v) is 5.11. The lowest BCUT2D eigenvalue weighted by atomic mass is 10.1. The largest absolute Gasteiger partial charge is 0.469 e. The Morgan fingerprint density at radius 1 is 1.32 bits per heavy atom. The number of alkyl halides is 3. The van der Waals surface area contributed by atoms with Gasteiger partial charge in [-0.3, -0.25) is 4.79 Å². The van der Waals surface area contributed by atoms with Crippen molar-refractivity contribution in [2.45, 2.75) is 38.3 Å². The minimum atomic E-state index is -4.33. The number of ether oxygens (including phenoxy) is 1. The van der Waals surface area contributed by atoms with Crippen molar-refractivity contribution in [3.05, 3.63) is 0 Å². The van der Waals surface area contributed by atoms with Gasteiger partial charge in [-0.15, -0.1) is 0 Å². The SMILES string of the molecule is COC(=O)CC1(CS(=O)(=O)CCCC(F)(F)F)CC1. The lowest BCUT2D eigenvalue weighted by Gasteiger charge is -2.14. The highest BCUT2D eigenvalue weighted by Gasteiger charge is 2.47. The minimum Gasteiger partial charge on any atom is -0.469 e. The fourth-order valence-corrected chi connectivity index (χ4v) is 4.01. The van der Waals surface area contributed by atoms with Gasteiger partial charge in [-0.1, -0.05) is 0 Å². The van der Waals surface area contributed by atoms with E-state index in [2.05, 4.69) is 4.74 Å². The Morgan fingerprint density at radius 3 is 2.32 bits per heavy atom. The van der Waals surface area contributed by atoms with Gasteiger partial charge in [0.2, 0.25) is 0 Å². The Hall–Kier alpha value is -0.790. The maximum absolute atomic E-state index is 11.9. The summed E-state index contributed by atoms with van der Waals surface area (Å²) in [5, 5.41) is 0. The minimum absolute atomic E-state index is 0.0159. The Kier molecular flexibility index (Phi) is 4.86. The summed E-state index contributed by atoms with van der Waals surface area (Å²) >= 11 is 0. The van der Waals surface area contributed by atoms with Crippen LogP contribution in [-0.4, -0.2) is 39.2 Å². The molecular weight excluding hydrogens is 285 g/mol. The molecule has 0 saturated heterocycles. The molecule has 19 heavy (non-hydrogen) atoms. The van der Waals surface area contributed by atoms with Crippen LogP contribution in [0.3, 0.4) is 0 Å². The van der Waals surface area contributed by atoms with Crippen LogP contribution in [0.25, 0.3) is 0 Å². The van der Waals surface area contributed by atoms with Gasteiger partial charge < -0.3 is 4.74 Å². The van der Waals surface area contributed by atoms with Crippen LogP contribution < -0.4 is 0 Å². The number of carbonyl (C=O) groups excluding carboxylic acids is 1. The maximum atomic E-state index is 11.9. The van der Waals surface area contributed by atoms with Gasteiger partial charge in [0.25, 0.3) is 0 Å². The van der Waals surface area contributed by atoms with Gasteiger partial charge in [-0.25, -0.2) is 8.42 Å². The average molecular weight is 302 g/mol. The van der Waals surface area contributed by atoms with E-state index in [4.69, 9.17) is 0 Å². The van der Waals surface area contributed by atoms with Crippen molar-refractivity contribution in [1.29, 1.82) is 0 Å². The van der Waals surface area contributed by atoms with E-state index in [1.807, 2.05) is 0 Å². The van der Waals surface area contributed by atoms with Crippen LogP contribution in [0.4, 0.5) is 13.2 Å². The zero-order chi connectivity index (χ0) is 14.7. The summed E-state index contributed by atoms with van der Waals surface area (Å²) in [7, 11) is -2.34. The van der Waals surface area contributed by atoms with Gasteiger partial charge in [0.1, 0.15) is 0 Å². The molecule has 0 N–H and O–H groups in total. The molecule has 1 aliphatic carbocycles. The van der Waals surface area contributed by atoms with Crippen molar-refractivity contribution < 1.29 is 31.1 Å². The molecule has 4 nitrogen and oxygen atoms in total. The number of carbonyl (C=O) groups is 1. The van der Waals surface area contributed by atoms with Gasteiger partial charge in [0.15, 0.2) is 9.84 Å². The lowest BCUT2D eigenvalue weighted by molar-refractivity contribution is -0.141. The zero-order valence-electron chi connectivity index (χ0n) is 10.6. The number of esters is 1. The first kappa shape index (κ1) is 16.3. The summed E-state index contributed by atoms with van der Waals surface area (Å²) in [5.74, 6) is -1.20. The molecule has 0 aromatic heterocycles. The molecule has 0 spiro atoms. The third kappa shape index (κ3) is 6.26. The molecule has 0 aromatic rings. The fourth-order valence-electron chi connectivity index (χ4n) is 1.96. The van der Waals surface area contributed by atoms with Crippen LogP contribution in [0, 0.1) is 5.41 Å². The first-order chi connectivity index (χ1) is 8.58. The highest BCUT2D eigenvalue weighted by atomic mass is 32.2. The van der Waals surface area contributed by atoms with Gasteiger partial charge in [-0.2, -0.15) is 13.2 Å². The summed E-state index contributed by atoms with van der Waals surface area (Å²) < 4.78 is 63.8. The topological polar surface area (TPSA) is 60.4 Å². The number of hydrogen-bond acceptors (Lipinski definition) is 4. The van der Waals surface area contributed by atoms with Gasteiger partial charge in [0.05, 0.1) is 25.0 Å². The molecule has 0 atom stereocenters. The van der Waals surface area contributed by atoms with E-state index in [1.54, 1.807) is 0 Å². The van der Waals surface area contributed by atoms with Crippen LogP contribution in [0.1, 0.15) is 32.1 Å². The maximum Gasteiger partial charge on any atom is 0.389 e. The normalized spacial score (nSPS) is 18.1. The smallest absolute Gasteiger partial charge is 0.389 e. The molecule has 0 amide bonds. The monoisotopic (exact) mass is 302 g/mol. The van der Waals surface area contributed by atoms with E-state index in [0.717, 1.165) is 0 Å². The summed E-state index contributed by atoms with van der Waals surface area (Å²) in [6.07, 6.45) is -4.65. The third-order valence-electron chi connectivity index (χ3n) is 3.15. The van der Waals surface area contributed by atoms with Gasteiger partial charge >= 0.3 is 12.1 Å². The molecule has 0 radical (unpaired) electrons. The highest BCUT2D eigenvalue weighted by Crippen LogP contribution is 2.50. The van der Waals surface area contributed by atoms with E-state index in [-0.39, 0.29) is 12.2 Å². The molecule has 1 rings (SSSR count). The van der Waals surface area contributed by atoms with Crippen LogP contribution >= 0.6 is 0 Å². The van der Waals surface area contributed by atoms with Gasteiger partial charge in [-0.05, 0) is 24.7 Å². The first-order valence-corrected chi connectivity index (χ1v) is 7.74. The molecule has 0 bridgehead atoms. The number of sulfone groups is 1. The summed E-state index contributed by atoms with van der Waals surface area (Å²) in [6.45, 7) is 0. The number of rotatable bonds is 7. The standard InChI is InChI=1S/C11H17F3O4S/c1-18-9(15)7-10(4-5-10)8-19(16,17)6-2-3-11(12,13)14/h2-8H2,1H3. The first-order valence-electron chi connectivity index (χ1n) is 5.92. The van der Waals surface area contributed by atoms with E-state index in [9.17, 15) is 26.4 Å². The van der Waals surface area contributed by atoms with E-state index < -0.39 is 46.0 Å². The number of methoxy groups -OCH3 is 1. The summed E-state index contributed by atoms with van der Waals surface area (Å²) in [5.41, 5.74) is -0.607. The van der Waals surface area contributed by atoms with Crippen LogP contribution in [0.2, 0.25) is 0 Å². The van der Waals surface area contributed by atoms with Crippen molar-refractivity contribution in [3.63, 3.8) is 0 Å².